The Bertz CT molecular complexity index is 1330. The van der Waals surface area contributed by atoms with Crippen LogP contribution in [0.5, 0.6) is 0 Å². The van der Waals surface area contributed by atoms with Crippen molar-refractivity contribution in [2.24, 2.45) is 23.3 Å². The summed E-state index contributed by atoms with van der Waals surface area (Å²) in [6.07, 6.45) is 25.1. The van der Waals surface area contributed by atoms with Crippen LogP contribution in [-0.2, 0) is 4.79 Å². The lowest BCUT2D eigenvalue weighted by atomic mass is 9.98. The molecule has 0 bridgehead atoms. The SMILES string of the molecule is C=C(N)C(C/C=C\CCCCC)NC.C=CC(CC)NC(=O)CCCC(C)C/C=C/c1cc2c(C)cc(C)nc2cc1N.C=CN.CC.CC1CC1.CO. The van der Waals surface area contributed by atoms with Crippen LogP contribution in [0.25, 0.3) is 17.0 Å². The Balaban J connectivity index is -0.000000858. The molecule has 54 heavy (non-hydrogen) atoms. The molecule has 1 aliphatic carbocycles. The summed E-state index contributed by atoms with van der Waals surface area (Å²) in [5.41, 5.74) is 22.1. The first-order valence-electron chi connectivity index (χ1n) is 20.2. The first-order valence-corrected chi connectivity index (χ1v) is 20.2. The standard InChI is InChI=1S/C25H35N3O.C12H24N2.C4H8.C2H5N.C2H6.CH4O/c1-6-21(7-2)28-25(29)13-9-11-17(3)10-8-12-20-15-22-18(4)14-19(5)27-24(22)16-23(20)26;1-4-5-6-7-8-9-10-12(14-3)11(2)13;1-4-2-3-4;1-2-3;2*1-2/h6,8,12,14-17,21H,1,7,9-11,13,26H2,2-5H3,(H,28,29);8-9,12,14H,2,4-7,10,13H2,1,3H3;4H,2-3H2,1H3;2H,1,3H2;1-2H3;2H,1H3/b12-8+;9-8-;;;;. The summed E-state index contributed by atoms with van der Waals surface area (Å²) in [4.78, 5) is 16.5. The molecule has 2 aromatic rings. The summed E-state index contributed by atoms with van der Waals surface area (Å²) in [6.45, 7) is 27.5. The van der Waals surface area contributed by atoms with E-state index in [4.69, 9.17) is 16.6 Å². The zero-order valence-electron chi connectivity index (χ0n) is 36.1. The monoisotopic (exact) mass is 751 g/mol. The number of aliphatic hydroxyl groups excluding tert-OH is 1. The zero-order valence-corrected chi connectivity index (χ0v) is 36.1. The largest absolute Gasteiger partial charge is 0.405 e. The first-order chi connectivity index (χ1) is 25.9. The Morgan fingerprint density at radius 2 is 1.65 bits per heavy atom. The van der Waals surface area contributed by atoms with Gasteiger partial charge < -0.3 is 32.9 Å². The van der Waals surface area contributed by atoms with E-state index < -0.39 is 0 Å². The molecular formula is C46H82N6O2. The van der Waals surface area contributed by atoms with Crippen LogP contribution in [0.4, 0.5) is 5.69 Å². The summed E-state index contributed by atoms with van der Waals surface area (Å²) in [6, 6.07) is 6.49. The van der Waals surface area contributed by atoms with Gasteiger partial charge in [0.2, 0.25) is 5.91 Å². The van der Waals surface area contributed by atoms with Gasteiger partial charge in [-0.2, -0.15) is 0 Å². The highest BCUT2D eigenvalue weighted by molar-refractivity contribution is 5.89. The molecule has 1 aromatic carbocycles. The van der Waals surface area contributed by atoms with Gasteiger partial charge in [-0.05, 0) is 113 Å². The topological polar surface area (TPSA) is 152 Å². The number of fused-ring (bicyclic) bond motifs is 1. The predicted molar refractivity (Wildman–Crippen MR) is 241 cm³/mol. The van der Waals surface area contributed by atoms with Crippen molar-refractivity contribution in [3.63, 3.8) is 0 Å². The second kappa shape index (κ2) is 36.1. The van der Waals surface area contributed by atoms with Gasteiger partial charge in [0.15, 0.2) is 0 Å². The van der Waals surface area contributed by atoms with E-state index in [2.05, 4.69) is 105 Å². The predicted octanol–water partition coefficient (Wildman–Crippen LogP) is 10.4. The van der Waals surface area contributed by atoms with Crippen molar-refractivity contribution in [1.82, 2.24) is 15.6 Å². The van der Waals surface area contributed by atoms with Crippen LogP contribution in [0, 0.1) is 25.7 Å². The number of carbonyl (C=O) groups is 1. The molecule has 0 spiro atoms. The third-order valence-electron chi connectivity index (χ3n) is 8.53. The molecule has 0 aliphatic heterocycles. The molecule has 1 amide bonds. The lowest BCUT2D eigenvalue weighted by Gasteiger charge is -2.13. The fourth-order valence-electron chi connectivity index (χ4n) is 5.03. The van der Waals surface area contributed by atoms with Crippen LogP contribution in [0.3, 0.4) is 0 Å². The number of nitrogen functional groups attached to an aromatic ring is 1. The first kappa shape index (κ1) is 54.5. The van der Waals surface area contributed by atoms with Crippen molar-refractivity contribution in [2.45, 2.75) is 145 Å². The van der Waals surface area contributed by atoms with Gasteiger partial charge in [-0.3, -0.25) is 9.78 Å². The van der Waals surface area contributed by atoms with Gasteiger partial charge in [0.25, 0.3) is 0 Å². The summed E-state index contributed by atoms with van der Waals surface area (Å²) in [7, 11) is 2.91. The minimum atomic E-state index is 0.0815. The highest BCUT2D eigenvalue weighted by Gasteiger charge is 2.12. The number of carbonyl (C=O) groups excluding carboxylic acids is 1. The van der Waals surface area contributed by atoms with Crippen molar-refractivity contribution in [3.8, 4) is 0 Å². The number of hydrogen-bond donors (Lipinski definition) is 6. The fourth-order valence-corrected chi connectivity index (χ4v) is 5.03. The number of unbranched alkanes of at least 4 members (excludes halogenated alkanes) is 3. The van der Waals surface area contributed by atoms with Crippen LogP contribution < -0.4 is 27.8 Å². The van der Waals surface area contributed by atoms with Gasteiger partial charge in [-0.15, -0.1) is 6.58 Å². The summed E-state index contributed by atoms with van der Waals surface area (Å²) < 4.78 is 0. The Kier molecular flexibility index (Phi) is 36.4. The number of aromatic nitrogens is 1. The Morgan fingerprint density at radius 3 is 2.15 bits per heavy atom. The second-order valence-corrected chi connectivity index (χ2v) is 13.6. The lowest BCUT2D eigenvalue weighted by Crippen LogP contribution is -2.32. The van der Waals surface area contributed by atoms with Gasteiger partial charge >= 0.3 is 0 Å². The number of anilines is 1. The van der Waals surface area contributed by atoms with E-state index in [1.807, 2.05) is 40.8 Å². The third kappa shape index (κ3) is 28.6. The molecule has 3 unspecified atom stereocenters. The number of aryl methyl sites for hydroxylation is 2. The van der Waals surface area contributed by atoms with Crippen LogP contribution in [0.15, 0.2) is 74.1 Å². The highest BCUT2D eigenvalue weighted by Crippen LogP contribution is 2.27. The average molecular weight is 751 g/mol. The molecule has 1 heterocycles. The van der Waals surface area contributed by atoms with Gasteiger partial charge in [0.05, 0.1) is 5.52 Å². The van der Waals surface area contributed by atoms with Crippen molar-refractivity contribution >= 4 is 28.6 Å². The molecule has 1 aliphatic rings. The molecule has 9 N–H and O–H groups in total. The van der Waals surface area contributed by atoms with Crippen molar-refractivity contribution in [2.75, 3.05) is 19.9 Å². The number of amides is 1. The second-order valence-electron chi connectivity index (χ2n) is 13.6. The van der Waals surface area contributed by atoms with E-state index in [0.717, 1.165) is 73.0 Å². The van der Waals surface area contributed by atoms with E-state index >= 15 is 0 Å². The number of nitrogens with two attached hydrogens (primary N) is 3. The highest BCUT2D eigenvalue weighted by atomic mass is 16.2. The smallest absolute Gasteiger partial charge is 0.220 e. The van der Waals surface area contributed by atoms with E-state index in [1.165, 1.54) is 50.3 Å². The number of benzene rings is 1. The Hall–Kier alpha value is -3.88. The van der Waals surface area contributed by atoms with E-state index in [-0.39, 0.29) is 18.0 Å². The number of rotatable bonds is 18. The van der Waals surface area contributed by atoms with Crippen molar-refractivity contribution in [1.29, 1.82) is 0 Å². The normalized spacial score (nSPS) is 13.1. The number of allylic oxidation sites excluding steroid dienone is 2. The third-order valence-corrected chi connectivity index (χ3v) is 8.53. The van der Waals surface area contributed by atoms with Crippen LogP contribution in [0.2, 0.25) is 0 Å². The van der Waals surface area contributed by atoms with Gasteiger partial charge in [-0.25, -0.2) is 0 Å². The number of hydrogen-bond acceptors (Lipinski definition) is 7. The molecule has 308 valence electrons. The van der Waals surface area contributed by atoms with E-state index in [9.17, 15) is 4.79 Å². The van der Waals surface area contributed by atoms with Crippen LogP contribution >= 0.6 is 0 Å². The van der Waals surface area contributed by atoms with Gasteiger partial charge in [0, 0.05) is 48.1 Å². The molecule has 3 rings (SSSR count). The maximum atomic E-state index is 12.0. The van der Waals surface area contributed by atoms with E-state index in [1.54, 1.807) is 6.08 Å². The quantitative estimate of drug-likeness (QED) is 0.0504. The molecule has 1 saturated carbocycles. The summed E-state index contributed by atoms with van der Waals surface area (Å²) in [5.74, 6) is 1.72. The molecular weight excluding hydrogens is 669 g/mol. The maximum Gasteiger partial charge on any atom is 0.220 e. The lowest BCUT2D eigenvalue weighted by molar-refractivity contribution is -0.121. The van der Waals surface area contributed by atoms with Gasteiger partial charge in [0.1, 0.15) is 0 Å². The Morgan fingerprint density at radius 1 is 1.04 bits per heavy atom. The molecule has 3 atom stereocenters. The molecule has 0 saturated heterocycles. The minimum absolute atomic E-state index is 0.0815. The number of pyridine rings is 1. The molecule has 1 aromatic heterocycles. The number of likely N-dealkylation sites (N-methyl/N-ethyl adjacent to an activating group) is 1. The fraction of sp³-hybridized carbons (Fsp3) is 0.565. The Labute approximate surface area is 331 Å². The van der Waals surface area contributed by atoms with Crippen LogP contribution in [0.1, 0.15) is 135 Å². The molecule has 0 radical (unpaired) electrons. The van der Waals surface area contributed by atoms with Gasteiger partial charge in [-0.1, -0.05) is 111 Å². The van der Waals surface area contributed by atoms with Crippen molar-refractivity contribution in [3.05, 3.63) is 91.0 Å². The molecule has 1 fully saturated rings. The molecule has 8 nitrogen and oxygen atoms in total. The van der Waals surface area contributed by atoms with E-state index in [0.29, 0.717) is 18.0 Å². The maximum absolute atomic E-state index is 12.0. The number of nitrogens with one attached hydrogen (secondary N) is 2. The summed E-state index contributed by atoms with van der Waals surface area (Å²) in [5, 5.41) is 14.3. The minimum Gasteiger partial charge on any atom is -0.405 e. The number of nitrogens with zero attached hydrogens (tertiary/aromatic N) is 1. The zero-order chi connectivity index (χ0) is 41.9. The number of aliphatic hydroxyl groups is 1. The average Bonchev–Trinajstić information content (AvgIpc) is 3.94. The van der Waals surface area contributed by atoms with Crippen molar-refractivity contribution < 1.29 is 9.90 Å². The molecule has 8 heteroatoms. The summed E-state index contributed by atoms with van der Waals surface area (Å²) >= 11 is 0. The van der Waals surface area contributed by atoms with Crippen LogP contribution in [-0.4, -0.2) is 42.2 Å².